The Bertz CT molecular complexity index is 502. The lowest BCUT2D eigenvalue weighted by Crippen LogP contribution is -2.37. The van der Waals surface area contributed by atoms with Crippen LogP contribution in [0.3, 0.4) is 0 Å². The molecule has 1 rings (SSSR count). The number of amides is 2. The second kappa shape index (κ2) is 8.90. The van der Waals surface area contributed by atoms with E-state index < -0.39 is 0 Å². The van der Waals surface area contributed by atoms with Gasteiger partial charge in [-0.15, -0.1) is 0 Å². The average Bonchev–Trinajstić information content (AvgIpc) is 2.44. The van der Waals surface area contributed by atoms with Crippen molar-refractivity contribution in [3.63, 3.8) is 0 Å². The third kappa shape index (κ3) is 5.56. The molecule has 0 atom stereocenters. The molecule has 0 saturated carbocycles. The lowest BCUT2D eigenvalue weighted by molar-refractivity contribution is -0.125. The number of carbonyl (C=O) groups is 2. The van der Waals surface area contributed by atoms with Crippen molar-refractivity contribution in [3.05, 3.63) is 33.8 Å². The van der Waals surface area contributed by atoms with Crippen LogP contribution in [0, 0.1) is 5.92 Å². The highest BCUT2D eigenvalue weighted by atomic mass is 35.5. The zero-order chi connectivity index (χ0) is 15.8. The lowest BCUT2D eigenvalue weighted by Gasteiger charge is -2.13. The fourth-order valence-electron chi connectivity index (χ4n) is 1.93. The van der Waals surface area contributed by atoms with Crippen LogP contribution in [0.15, 0.2) is 18.2 Å². The topological polar surface area (TPSA) is 58.2 Å². The molecular formula is C15H20Cl2N2O2. The average molecular weight is 331 g/mol. The van der Waals surface area contributed by atoms with E-state index >= 15 is 0 Å². The molecule has 2 N–H and O–H groups in total. The first-order valence-electron chi connectivity index (χ1n) is 7.00. The summed E-state index contributed by atoms with van der Waals surface area (Å²) in [6.45, 7) is 4.71. The molecule has 0 aliphatic rings. The Morgan fingerprint density at radius 2 is 1.71 bits per heavy atom. The van der Waals surface area contributed by atoms with Crippen molar-refractivity contribution in [1.82, 2.24) is 10.6 Å². The monoisotopic (exact) mass is 330 g/mol. The van der Waals surface area contributed by atoms with Crippen LogP contribution in [-0.4, -0.2) is 24.9 Å². The van der Waals surface area contributed by atoms with E-state index in [-0.39, 0.29) is 17.7 Å². The normalized spacial score (nSPS) is 10.5. The minimum absolute atomic E-state index is 0.0266. The molecule has 0 heterocycles. The van der Waals surface area contributed by atoms with Crippen LogP contribution in [0.25, 0.3) is 0 Å². The summed E-state index contributed by atoms with van der Waals surface area (Å²) in [6, 6.07) is 4.70. The van der Waals surface area contributed by atoms with Crippen LogP contribution >= 0.6 is 23.2 Å². The van der Waals surface area contributed by atoms with E-state index in [9.17, 15) is 9.59 Å². The Hall–Kier alpha value is -1.26. The standard InChI is InChI=1S/C15H20Cl2N2O2/c1-3-10(4-2)14(20)18-7-8-19-15(21)12-6-5-11(16)9-13(12)17/h5-6,9-10H,3-4,7-8H2,1-2H3,(H,18,20)(H,19,21). The summed E-state index contributed by atoms with van der Waals surface area (Å²) >= 11 is 11.7. The molecule has 0 aliphatic heterocycles. The molecule has 0 spiro atoms. The smallest absolute Gasteiger partial charge is 0.252 e. The predicted molar refractivity (Wildman–Crippen MR) is 85.9 cm³/mol. The van der Waals surface area contributed by atoms with E-state index in [0.717, 1.165) is 12.8 Å². The van der Waals surface area contributed by atoms with E-state index in [0.29, 0.717) is 28.7 Å². The molecule has 116 valence electrons. The van der Waals surface area contributed by atoms with Gasteiger partial charge in [-0.1, -0.05) is 37.0 Å². The molecule has 4 nitrogen and oxygen atoms in total. The summed E-state index contributed by atoms with van der Waals surface area (Å²) in [5, 5.41) is 6.30. The Kier molecular flexibility index (Phi) is 7.54. The maximum Gasteiger partial charge on any atom is 0.252 e. The van der Waals surface area contributed by atoms with Crippen molar-refractivity contribution >= 4 is 35.0 Å². The summed E-state index contributed by atoms with van der Waals surface area (Å²) in [4.78, 5) is 23.7. The highest BCUT2D eigenvalue weighted by molar-refractivity contribution is 6.36. The van der Waals surface area contributed by atoms with E-state index in [1.165, 1.54) is 6.07 Å². The van der Waals surface area contributed by atoms with Gasteiger partial charge in [0.1, 0.15) is 0 Å². The van der Waals surface area contributed by atoms with Crippen molar-refractivity contribution in [2.45, 2.75) is 26.7 Å². The first-order valence-corrected chi connectivity index (χ1v) is 7.76. The predicted octanol–water partition coefficient (Wildman–Crippen LogP) is 3.28. The van der Waals surface area contributed by atoms with Crippen molar-refractivity contribution in [3.8, 4) is 0 Å². The van der Waals surface area contributed by atoms with Crippen molar-refractivity contribution < 1.29 is 9.59 Å². The quantitative estimate of drug-likeness (QED) is 0.754. The van der Waals surface area contributed by atoms with Gasteiger partial charge in [-0.2, -0.15) is 0 Å². The van der Waals surface area contributed by atoms with Gasteiger partial charge >= 0.3 is 0 Å². The van der Waals surface area contributed by atoms with Crippen LogP contribution in [0.5, 0.6) is 0 Å². The van der Waals surface area contributed by atoms with Crippen LogP contribution in [0.1, 0.15) is 37.0 Å². The molecule has 0 fully saturated rings. The van der Waals surface area contributed by atoms with Gasteiger partial charge < -0.3 is 10.6 Å². The number of hydrogen-bond acceptors (Lipinski definition) is 2. The van der Waals surface area contributed by atoms with Gasteiger partial charge in [0.25, 0.3) is 5.91 Å². The molecule has 0 unspecified atom stereocenters. The minimum atomic E-state index is -0.284. The minimum Gasteiger partial charge on any atom is -0.354 e. The largest absolute Gasteiger partial charge is 0.354 e. The molecule has 1 aromatic carbocycles. The van der Waals surface area contributed by atoms with Gasteiger partial charge in [-0.25, -0.2) is 0 Å². The van der Waals surface area contributed by atoms with E-state index in [4.69, 9.17) is 23.2 Å². The molecular weight excluding hydrogens is 311 g/mol. The summed E-state index contributed by atoms with van der Waals surface area (Å²) in [5.41, 5.74) is 0.368. The molecule has 6 heteroatoms. The van der Waals surface area contributed by atoms with E-state index in [1.54, 1.807) is 12.1 Å². The maximum absolute atomic E-state index is 11.9. The zero-order valence-electron chi connectivity index (χ0n) is 12.2. The van der Waals surface area contributed by atoms with Crippen LogP contribution in [0.2, 0.25) is 10.0 Å². The summed E-state index contributed by atoms with van der Waals surface area (Å²) in [5.74, 6) is -0.223. The molecule has 0 bridgehead atoms. The number of carbonyl (C=O) groups excluding carboxylic acids is 2. The molecule has 0 radical (unpaired) electrons. The van der Waals surface area contributed by atoms with Crippen LogP contribution < -0.4 is 10.6 Å². The fourth-order valence-corrected chi connectivity index (χ4v) is 2.43. The number of benzene rings is 1. The number of hydrogen-bond donors (Lipinski definition) is 2. The second-order valence-corrected chi connectivity index (χ2v) is 5.53. The highest BCUT2D eigenvalue weighted by Crippen LogP contribution is 2.20. The third-order valence-electron chi connectivity index (χ3n) is 3.24. The Balaban J connectivity index is 2.39. The molecule has 0 saturated heterocycles. The van der Waals surface area contributed by atoms with Crippen LogP contribution in [-0.2, 0) is 4.79 Å². The first-order chi connectivity index (χ1) is 9.99. The fraction of sp³-hybridized carbons (Fsp3) is 0.467. The zero-order valence-corrected chi connectivity index (χ0v) is 13.7. The Morgan fingerprint density at radius 1 is 1.10 bits per heavy atom. The molecule has 0 aromatic heterocycles. The molecule has 0 aliphatic carbocycles. The van der Waals surface area contributed by atoms with Gasteiger partial charge in [0, 0.05) is 24.0 Å². The number of nitrogens with one attached hydrogen (secondary N) is 2. The number of halogens is 2. The van der Waals surface area contributed by atoms with Crippen LogP contribution in [0.4, 0.5) is 0 Å². The van der Waals surface area contributed by atoms with Gasteiger partial charge in [0.15, 0.2) is 0 Å². The Morgan fingerprint density at radius 3 is 2.29 bits per heavy atom. The van der Waals surface area contributed by atoms with E-state index in [2.05, 4.69) is 10.6 Å². The first kappa shape index (κ1) is 17.8. The second-order valence-electron chi connectivity index (χ2n) is 4.68. The van der Waals surface area contributed by atoms with Gasteiger partial charge in [-0.05, 0) is 31.0 Å². The molecule has 2 amide bonds. The van der Waals surface area contributed by atoms with Crippen molar-refractivity contribution in [2.24, 2.45) is 5.92 Å². The molecule has 1 aromatic rings. The Labute approximate surface area is 135 Å². The van der Waals surface area contributed by atoms with Crippen molar-refractivity contribution in [2.75, 3.05) is 13.1 Å². The third-order valence-corrected chi connectivity index (χ3v) is 3.79. The lowest BCUT2D eigenvalue weighted by atomic mass is 10.0. The van der Waals surface area contributed by atoms with Gasteiger partial charge in [0.2, 0.25) is 5.91 Å². The SMILES string of the molecule is CCC(CC)C(=O)NCCNC(=O)c1ccc(Cl)cc1Cl. The molecule has 21 heavy (non-hydrogen) atoms. The highest BCUT2D eigenvalue weighted by Gasteiger charge is 2.13. The van der Waals surface area contributed by atoms with Gasteiger partial charge in [-0.3, -0.25) is 9.59 Å². The van der Waals surface area contributed by atoms with Gasteiger partial charge in [0.05, 0.1) is 10.6 Å². The number of rotatable bonds is 7. The van der Waals surface area contributed by atoms with Crippen molar-refractivity contribution in [1.29, 1.82) is 0 Å². The summed E-state index contributed by atoms with van der Waals surface area (Å²) in [7, 11) is 0. The van der Waals surface area contributed by atoms with E-state index in [1.807, 2.05) is 13.8 Å². The maximum atomic E-state index is 11.9. The summed E-state index contributed by atoms with van der Waals surface area (Å²) < 4.78 is 0. The summed E-state index contributed by atoms with van der Waals surface area (Å²) in [6.07, 6.45) is 1.63.